The van der Waals surface area contributed by atoms with Crippen LogP contribution in [0.25, 0.3) is 0 Å². The zero-order valence-electron chi connectivity index (χ0n) is 7.73. The molecule has 74 valence electrons. The third-order valence-electron chi connectivity index (χ3n) is 3.04. The van der Waals surface area contributed by atoms with Gasteiger partial charge in [-0.1, -0.05) is 24.6 Å². The molecule has 2 N–H and O–H groups in total. The second kappa shape index (κ2) is 3.01. The van der Waals surface area contributed by atoms with Crippen LogP contribution in [0, 0.1) is 0 Å². The summed E-state index contributed by atoms with van der Waals surface area (Å²) < 4.78 is 0. The molecule has 0 spiro atoms. The van der Waals surface area contributed by atoms with Crippen molar-refractivity contribution in [3.63, 3.8) is 0 Å². The summed E-state index contributed by atoms with van der Waals surface area (Å²) in [6.45, 7) is 0. The molecule has 3 nitrogen and oxygen atoms in total. The fraction of sp³-hybridized carbons (Fsp3) is 0.364. The van der Waals surface area contributed by atoms with E-state index in [-0.39, 0.29) is 5.75 Å². The van der Waals surface area contributed by atoms with Crippen molar-refractivity contribution in [3.05, 3.63) is 29.8 Å². The van der Waals surface area contributed by atoms with Gasteiger partial charge in [0.25, 0.3) is 0 Å². The summed E-state index contributed by atoms with van der Waals surface area (Å²) in [5.74, 6) is -0.736. The van der Waals surface area contributed by atoms with Crippen molar-refractivity contribution < 1.29 is 15.0 Å². The van der Waals surface area contributed by atoms with E-state index in [0.717, 1.165) is 6.42 Å². The summed E-state index contributed by atoms with van der Waals surface area (Å²) in [4.78, 5) is 11.1. The first-order chi connectivity index (χ1) is 6.67. The number of aliphatic carboxylic acids is 1. The Morgan fingerprint density at radius 3 is 2.36 bits per heavy atom. The molecule has 1 aromatic rings. The second-order valence-electron chi connectivity index (χ2n) is 3.76. The van der Waals surface area contributed by atoms with Crippen molar-refractivity contribution in [2.45, 2.75) is 24.7 Å². The zero-order chi connectivity index (χ0) is 10.2. The Balaban J connectivity index is 2.47. The van der Waals surface area contributed by atoms with Gasteiger partial charge in [-0.2, -0.15) is 0 Å². The maximum atomic E-state index is 11.1. The number of aromatic hydroxyl groups is 1. The third-order valence-corrected chi connectivity index (χ3v) is 3.04. The van der Waals surface area contributed by atoms with Crippen LogP contribution in [0.5, 0.6) is 5.75 Å². The monoisotopic (exact) mass is 192 g/mol. The number of phenols is 1. The summed E-state index contributed by atoms with van der Waals surface area (Å²) in [6.07, 6.45) is 2.17. The Bertz CT molecular complexity index is 367. The van der Waals surface area contributed by atoms with Crippen LogP contribution in [0.15, 0.2) is 24.3 Å². The van der Waals surface area contributed by atoms with E-state index < -0.39 is 11.4 Å². The molecular weight excluding hydrogens is 180 g/mol. The molecule has 0 bridgehead atoms. The second-order valence-corrected chi connectivity index (χ2v) is 3.76. The first-order valence-electron chi connectivity index (χ1n) is 4.69. The Morgan fingerprint density at radius 2 is 1.93 bits per heavy atom. The number of rotatable bonds is 2. The van der Waals surface area contributed by atoms with Crippen LogP contribution in [0.2, 0.25) is 0 Å². The van der Waals surface area contributed by atoms with Gasteiger partial charge < -0.3 is 10.2 Å². The molecule has 1 aliphatic rings. The molecule has 0 amide bonds. The topological polar surface area (TPSA) is 57.5 Å². The molecule has 1 saturated carbocycles. The molecule has 0 heterocycles. The standard InChI is InChI=1S/C11H12O3/c12-9-5-2-1-4-8(9)11(10(13)14)6-3-7-11/h1-2,4-5,12H,3,6-7H2,(H,13,14). The lowest BCUT2D eigenvalue weighted by Gasteiger charge is -2.38. The minimum atomic E-state index is -0.828. The van der Waals surface area contributed by atoms with Gasteiger partial charge in [-0.05, 0) is 18.9 Å². The predicted molar refractivity (Wildman–Crippen MR) is 51.3 cm³/mol. The Labute approximate surface area is 82.0 Å². The minimum absolute atomic E-state index is 0.0922. The molecule has 3 heteroatoms. The maximum absolute atomic E-state index is 11.1. The van der Waals surface area contributed by atoms with Gasteiger partial charge in [0.1, 0.15) is 5.75 Å². The van der Waals surface area contributed by atoms with E-state index in [1.165, 1.54) is 0 Å². The summed E-state index contributed by atoms with van der Waals surface area (Å²) in [7, 11) is 0. The molecule has 0 aromatic heterocycles. The molecule has 2 rings (SSSR count). The SMILES string of the molecule is O=C(O)C1(c2ccccc2O)CCC1. The summed E-state index contributed by atoms with van der Waals surface area (Å²) >= 11 is 0. The first-order valence-corrected chi connectivity index (χ1v) is 4.69. The van der Waals surface area contributed by atoms with Crippen LogP contribution in [0.1, 0.15) is 24.8 Å². The lowest BCUT2D eigenvalue weighted by molar-refractivity contribution is -0.147. The summed E-state index contributed by atoms with van der Waals surface area (Å²) in [6, 6.07) is 6.70. The highest BCUT2D eigenvalue weighted by molar-refractivity contribution is 5.83. The Morgan fingerprint density at radius 1 is 1.29 bits per heavy atom. The summed E-state index contributed by atoms with van der Waals surface area (Å²) in [5, 5.41) is 18.7. The van der Waals surface area contributed by atoms with Gasteiger partial charge in [-0.25, -0.2) is 0 Å². The van der Waals surface area contributed by atoms with E-state index in [9.17, 15) is 9.90 Å². The highest BCUT2D eigenvalue weighted by atomic mass is 16.4. The molecule has 0 saturated heterocycles. The zero-order valence-corrected chi connectivity index (χ0v) is 7.73. The molecule has 1 aliphatic carbocycles. The number of hydrogen-bond donors (Lipinski definition) is 2. The third kappa shape index (κ3) is 1.09. The molecule has 1 fully saturated rings. The van der Waals surface area contributed by atoms with E-state index >= 15 is 0 Å². The van der Waals surface area contributed by atoms with Crippen molar-refractivity contribution in [1.29, 1.82) is 0 Å². The Hall–Kier alpha value is -1.51. The van der Waals surface area contributed by atoms with Crippen LogP contribution >= 0.6 is 0 Å². The number of phenolic OH excluding ortho intramolecular Hbond substituents is 1. The van der Waals surface area contributed by atoms with Gasteiger partial charge in [0.2, 0.25) is 0 Å². The van der Waals surface area contributed by atoms with Gasteiger partial charge in [0, 0.05) is 5.56 Å². The number of benzene rings is 1. The van der Waals surface area contributed by atoms with E-state index in [1.807, 2.05) is 0 Å². The van der Waals surface area contributed by atoms with Crippen LogP contribution in [0.3, 0.4) is 0 Å². The maximum Gasteiger partial charge on any atom is 0.314 e. The van der Waals surface area contributed by atoms with Crippen molar-refractivity contribution in [2.75, 3.05) is 0 Å². The molecular formula is C11H12O3. The normalized spacial score (nSPS) is 18.6. The molecule has 0 unspecified atom stereocenters. The van der Waals surface area contributed by atoms with Crippen molar-refractivity contribution in [3.8, 4) is 5.75 Å². The fourth-order valence-corrected chi connectivity index (χ4v) is 2.01. The molecule has 0 atom stereocenters. The van der Waals surface area contributed by atoms with Gasteiger partial charge >= 0.3 is 5.97 Å². The van der Waals surface area contributed by atoms with Gasteiger partial charge in [0.15, 0.2) is 0 Å². The number of carboxylic acids is 1. The number of para-hydroxylation sites is 1. The number of carbonyl (C=O) groups is 1. The largest absolute Gasteiger partial charge is 0.508 e. The number of carboxylic acid groups (broad SMARTS) is 1. The smallest absolute Gasteiger partial charge is 0.314 e. The van der Waals surface area contributed by atoms with Crippen LogP contribution in [-0.4, -0.2) is 16.2 Å². The number of hydrogen-bond acceptors (Lipinski definition) is 2. The first kappa shape index (κ1) is 9.06. The predicted octanol–water partition coefficient (Wildman–Crippen LogP) is 1.90. The van der Waals surface area contributed by atoms with Crippen molar-refractivity contribution in [1.82, 2.24) is 0 Å². The average molecular weight is 192 g/mol. The van der Waals surface area contributed by atoms with Crippen LogP contribution < -0.4 is 0 Å². The van der Waals surface area contributed by atoms with Gasteiger partial charge in [-0.15, -0.1) is 0 Å². The highest BCUT2D eigenvalue weighted by Crippen LogP contribution is 2.46. The van der Waals surface area contributed by atoms with E-state index in [2.05, 4.69) is 0 Å². The van der Waals surface area contributed by atoms with Gasteiger partial charge in [-0.3, -0.25) is 4.79 Å². The molecule has 1 aromatic carbocycles. The van der Waals surface area contributed by atoms with E-state index in [4.69, 9.17) is 5.11 Å². The van der Waals surface area contributed by atoms with E-state index in [1.54, 1.807) is 24.3 Å². The molecule has 14 heavy (non-hydrogen) atoms. The molecule has 0 radical (unpaired) electrons. The quantitative estimate of drug-likeness (QED) is 0.752. The van der Waals surface area contributed by atoms with Crippen molar-refractivity contribution in [2.24, 2.45) is 0 Å². The van der Waals surface area contributed by atoms with Crippen LogP contribution in [-0.2, 0) is 10.2 Å². The highest BCUT2D eigenvalue weighted by Gasteiger charge is 2.47. The lowest BCUT2D eigenvalue weighted by Crippen LogP contribution is -2.42. The average Bonchev–Trinajstić information content (AvgIpc) is 2.05. The molecule has 0 aliphatic heterocycles. The van der Waals surface area contributed by atoms with Gasteiger partial charge in [0.05, 0.1) is 5.41 Å². The Kier molecular flexibility index (Phi) is 1.95. The summed E-state index contributed by atoms with van der Waals surface area (Å²) in [5.41, 5.74) is -0.274. The van der Waals surface area contributed by atoms with Crippen molar-refractivity contribution >= 4 is 5.97 Å². The van der Waals surface area contributed by atoms with E-state index in [0.29, 0.717) is 18.4 Å². The minimum Gasteiger partial charge on any atom is -0.508 e. The lowest BCUT2D eigenvalue weighted by atomic mass is 9.64. The van der Waals surface area contributed by atoms with Crippen LogP contribution in [0.4, 0.5) is 0 Å². The fourth-order valence-electron chi connectivity index (χ4n) is 2.01.